The zero-order valence-corrected chi connectivity index (χ0v) is 19.5. The highest BCUT2D eigenvalue weighted by Crippen LogP contribution is 2.26. The van der Waals surface area contributed by atoms with Crippen LogP contribution in [0.15, 0.2) is 4.99 Å². The lowest BCUT2D eigenvalue weighted by atomic mass is 9.86. The average Bonchev–Trinajstić information content (AvgIpc) is 2.65. The number of nitrogens with one attached hydrogen (secondary N) is 2. The van der Waals surface area contributed by atoms with Gasteiger partial charge in [0.05, 0.1) is 0 Å². The number of guanidine groups is 1. The largest absolute Gasteiger partial charge is 0.356 e. The first-order valence-electron chi connectivity index (χ1n) is 10.6. The van der Waals surface area contributed by atoms with Crippen LogP contribution >= 0.6 is 24.0 Å². The summed E-state index contributed by atoms with van der Waals surface area (Å²) < 4.78 is 0. The minimum absolute atomic E-state index is 0. The maximum atomic E-state index is 4.35. The molecule has 2 rings (SSSR count). The van der Waals surface area contributed by atoms with Crippen molar-refractivity contribution in [1.82, 2.24) is 20.4 Å². The maximum absolute atomic E-state index is 4.35. The number of hydrogen-bond donors (Lipinski definition) is 2. The lowest BCUT2D eigenvalue weighted by molar-refractivity contribution is 0.152. The topological polar surface area (TPSA) is 42.9 Å². The zero-order valence-electron chi connectivity index (χ0n) is 17.1. The zero-order chi connectivity index (χ0) is 17.7. The number of unbranched alkanes of at least 4 members (excludes halogenated alkanes) is 1. The van der Waals surface area contributed by atoms with E-state index in [1.165, 1.54) is 90.5 Å². The predicted molar refractivity (Wildman–Crippen MR) is 124 cm³/mol. The summed E-state index contributed by atoms with van der Waals surface area (Å²) in [4.78, 5) is 9.36. The van der Waals surface area contributed by atoms with E-state index in [2.05, 4.69) is 32.5 Å². The summed E-state index contributed by atoms with van der Waals surface area (Å²) in [5.74, 6) is 1.96. The monoisotopic (exact) mass is 479 g/mol. The van der Waals surface area contributed by atoms with Gasteiger partial charge in [0.1, 0.15) is 0 Å². The summed E-state index contributed by atoms with van der Waals surface area (Å²) >= 11 is 0. The first-order chi connectivity index (χ1) is 12.3. The molecule has 1 aliphatic carbocycles. The van der Waals surface area contributed by atoms with Crippen molar-refractivity contribution in [2.24, 2.45) is 10.9 Å². The van der Waals surface area contributed by atoms with E-state index in [0.717, 1.165) is 25.0 Å². The molecular formula is C20H42IN5. The normalized spacial score (nSPS) is 20.6. The van der Waals surface area contributed by atoms with Gasteiger partial charge < -0.3 is 20.4 Å². The highest BCUT2D eigenvalue weighted by molar-refractivity contribution is 14.0. The van der Waals surface area contributed by atoms with Crippen LogP contribution in [-0.4, -0.2) is 75.7 Å². The Morgan fingerprint density at radius 1 is 0.923 bits per heavy atom. The second kappa shape index (κ2) is 14.9. The van der Waals surface area contributed by atoms with Gasteiger partial charge in [0.2, 0.25) is 0 Å². The van der Waals surface area contributed by atoms with E-state index in [1.54, 1.807) is 0 Å². The molecule has 2 N–H and O–H groups in total. The molecule has 2 aliphatic rings. The Balaban J connectivity index is 0.00000338. The van der Waals surface area contributed by atoms with Crippen molar-refractivity contribution in [3.63, 3.8) is 0 Å². The average molecular weight is 479 g/mol. The predicted octanol–water partition coefficient (Wildman–Crippen LogP) is 3.16. The molecule has 6 heteroatoms. The van der Waals surface area contributed by atoms with E-state index < -0.39 is 0 Å². The molecule has 1 saturated heterocycles. The van der Waals surface area contributed by atoms with Crippen molar-refractivity contribution in [2.45, 2.75) is 57.8 Å². The highest BCUT2D eigenvalue weighted by atomic mass is 127. The van der Waals surface area contributed by atoms with Gasteiger partial charge in [0.15, 0.2) is 5.96 Å². The Labute approximate surface area is 178 Å². The molecular weight excluding hydrogens is 437 g/mol. The van der Waals surface area contributed by atoms with Gasteiger partial charge in [-0.1, -0.05) is 32.1 Å². The molecule has 0 amide bonds. The van der Waals surface area contributed by atoms with Crippen molar-refractivity contribution in [1.29, 1.82) is 0 Å². The van der Waals surface area contributed by atoms with Crippen LogP contribution in [0, 0.1) is 5.92 Å². The number of hydrogen-bond acceptors (Lipinski definition) is 3. The van der Waals surface area contributed by atoms with E-state index in [9.17, 15) is 0 Å². The summed E-state index contributed by atoms with van der Waals surface area (Å²) in [6.45, 7) is 8.21. The molecule has 0 aromatic carbocycles. The van der Waals surface area contributed by atoms with Crippen LogP contribution in [-0.2, 0) is 0 Å². The number of piperazine rings is 1. The SMILES string of the molecule is CN=C(NCCCCN1CCN(C)CC1)NCCCC1CCCCC1.I. The molecule has 154 valence electrons. The summed E-state index contributed by atoms with van der Waals surface area (Å²) in [5, 5.41) is 6.94. The number of rotatable bonds is 9. The molecule has 1 aliphatic heterocycles. The van der Waals surface area contributed by atoms with Gasteiger partial charge >= 0.3 is 0 Å². The lowest BCUT2D eigenvalue weighted by Crippen LogP contribution is -2.44. The smallest absolute Gasteiger partial charge is 0.190 e. The summed E-state index contributed by atoms with van der Waals surface area (Å²) in [6.07, 6.45) is 12.4. The van der Waals surface area contributed by atoms with Crippen LogP contribution in [0.2, 0.25) is 0 Å². The van der Waals surface area contributed by atoms with Gasteiger partial charge in [-0.2, -0.15) is 0 Å². The fourth-order valence-electron chi connectivity index (χ4n) is 4.03. The molecule has 0 aromatic rings. The first-order valence-corrected chi connectivity index (χ1v) is 10.6. The van der Waals surface area contributed by atoms with Crippen LogP contribution in [0.3, 0.4) is 0 Å². The van der Waals surface area contributed by atoms with Crippen molar-refractivity contribution in [2.75, 3.05) is 59.9 Å². The molecule has 5 nitrogen and oxygen atoms in total. The second-order valence-corrected chi connectivity index (χ2v) is 7.92. The standard InChI is InChI=1S/C20H41N5.HI/c1-21-20(23-13-8-11-19-9-4-3-5-10-19)22-12-6-7-14-25-17-15-24(2)16-18-25;/h19H,3-18H2,1-2H3,(H2,21,22,23);1H. The van der Waals surface area contributed by atoms with E-state index in [4.69, 9.17) is 0 Å². The molecule has 1 heterocycles. The number of halogens is 1. The quantitative estimate of drug-likeness (QED) is 0.231. The van der Waals surface area contributed by atoms with Gasteiger partial charge in [0, 0.05) is 46.3 Å². The fourth-order valence-corrected chi connectivity index (χ4v) is 4.03. The third-order valence-electron chi connectivity index (χ3n) is 5.82. The number of likely N-dealkylation sites (N-methyl/N-ethyl adjacent to an activating group) is 1. The maximum Gasteiger partial charge on any atom is 0.190 e. The Hall–Kier alpha value is -0.0800. The Morgan fingerprint density at radius 2 is 1.58 bits per heavy atom. The van der Waals surface area contributed by atoms with Crippen LogP contribution < -0.4 is 10.6 Å². The molecule has 0 aromatic heterocycles. The van der Waals surface area contributed by atoms with E-state index in [-0.39, 0.29) is 24.0 Å². The molecule has 0 unspecified atom stereocenters. The fraction of sp³-hybridized carbons (Fsp3) is 0.950. The van der Waals surface area contributed by atoms with Crippen LogP contribution in [0.5, 0.6) is 0 Å². The number of aliphatic imine (C=N–C) groups is 1. The van der Waals surface area contributed by atoms with Crippen LogP contribution in [0.25, 0.3) is 0 Å². The van der Waals surface area contributed by atoms with E-state index >= 15 is 0 Å². The van der Waals surface area contributed by atoms with Crippen molar-refractivity contribution < 1.29 is 0 Å². The summed E-state index contributed by atoms with van der Waals surface area (Å²) in [7, 11) is 4.09. The Morgan fingerprint density at radius 3 is 2.23 bits per heavy atom. The molecule has 1 saturated carbocycles. The van der Waals surface area contributed by atoms with Crippen molar-refractivity contribution >= 4 is 29.9 Å². The molecule has 2 fully saturated rings. The molecule has 0 spiro atoms. The minimum Gasteiger partial charge on any atom is -0.356 e. The van der Waals surface area contributed by atoms with E-state index in [0.29, 0.717) is 0 Å². The van der Waals surface area contributed by atoms with Gasteiger partial charge in [-0.05, 0) is 45.2 Å². The van der Waals surface area contributed by atoms with Gasteiger partial charge in [-0.3, -0.25) is 4.99 Å². The third-order valence-corrected chi connectivity index (χ3v) is 5.82. The number of nitrogens with zero attached hydrogens (tertiary/aromatic N) is 3. The van der Waals surface area contributed by atoms with Gasteiger partial charge in [-0.15, -0.1) is 24.0 Å². The summed E-state index contributed by atoms with van der Waals surface area (Å²) in [5.41, 5.74) is 0. The van der Waals surface area contributed by atoms with Crippen LogP contribution in [0.1, 0.15) is 57.8 Å². The lowest BCUT2D eigenvalue weighted by Gasteiger charge is -2.32. The molecule has 0 bridgehead atoms. The molecule has 0 atom stereocenters. The van der Waals surface area contributed by atoms with E-state index in [1.807, 2.05) is 7.05 Å². The summed E-state index contributed by atoms with van der Waals surface area (Å²) in [6, 6.07) is 0. The Kier molecular flexibility index (Phi) is 13.7. The van der Waals surface area contributed by atoms with Crippen molar-refractivity contribution in [3.8, 4) is 0 Å². The van der Waals surface area contributed by atoms with Crippen LogP contribution in [0.4, 0.5) is 0 Å². The highest BCUT2D eigenvalue weighted by Gasteiger charge is 2.13. The third kappa shape index (κ3) is 10.3. The Bertz CT molecular complexity index is 363. The van der Waals surface area contributed by atoms with Gasteiger partial charge in [0.25, 0.3) is 0 Å². The molecule has 26 heavy (non-hydrogen) atoms. The second-order valence-electron chi connectivity index (χ2n) is 7.92. The minimum atomic E-state index is 0. The molecule has 0 radical (unpaired) electrons. The first kappa shape index (κ1) is 24.0. The van der Waals surface area contributed by atoms with Gasteiger partial charge in [-0.25, -0.2) is 0 Å². The van der Waals surface area contributed by atoms with Crippen molar-refractivity contribution in [3.05, 3.63) is 0 Å².